The fourth-order valence-corrected chi connectivity index (χ4v) is 3.93. The Balaban J connectivity index is 1.23. The lowest BCUT2D eigenvalue weighted by Gasteiger charge is -2.36. The number of rotatable bonds is 6. The number of fused-ring (bicyclic) bond motifs is 1. The van der Waals surface area contributed by atoms with Gasteiger partial charge in [0, 0.05) is 38.4 Å². The SMILES string of the molecule is Fc1ccc2ncn(CCCCN3CCN(c4cccc(C(F)(F)F)c4)CC3)c2c1. The van der Waals surface area contributed by atoms with Gasteiger partial charge in [0.2, 0.25) is 0 Å². The molecule has 1 fully saturated rings. The summed E-state index contributed by atoms with van der Waals surface area (Å²) in [6.07, 6.45) is -0.615. The summed E-state index contributed by atoms with van der Waals surface area (Å²) < 4.78 is 54.2. The van der Waals surface area contributed by atoms with E-state index in [2.05, 4.69) is 9.88 Å². The molecule has 8 heteroatoms. The highest BCUT2D eigenvalue weighted by Gasteiger charge is 2.31. The molecule has 1 saturated heterocycles. The third kappa shape index (κ3) is 4.75. The molecule has 0 amide bonds. The molecule has 3 aromatic rings. The van der Waals surface area contributed by atoms with Crippen LogP contribution in [0.15, 0.2) is 48.8 Å². The zero-order valence-electron chi connectivity index (χ0n) is 16.6. The van der Waals surface area contributed by atoms with Gasteiger partial charge >= 0.3 is 6.18 Å². The number of hydrogen-bond acceptors (Lipinski definition) is 3. The molecule has 0 aliphatic carbocycles. The zero-order valence-corrected chi connectivity index (χ0v) is 16.6. The van der Waals surface area contributed by atoms with Gasteiger partial charge in [0.15, 0.2) is 0 Å². The molecule has 0 radical (unpaired) electrons. The van der Waals surface area contributed by atoms with Crippen LogP contribution in [-0.2, 0) is 12.7 Å². The number of unbranched alkanes of at least 4 members (excludes halogenated alkanes) is 1. The summed E-state index contributed by atoms with van der Waals surface area (Å²) in [5.41, 5.74) is 1.63. The number of piperazine rings is 1. The van der Waals surface area contributed by atoms with Crippen molar-refractivity contribution in [2.75, 3.05) is 37.6 Å². The van der Waals surface area contributed by atoms with Gasteiger partial charge in [-0.25, -0.2) is 9.37 Å². The molecule has 4 rings (SSSR count). The van der Waals surface area contributed by atoms with E-state index >= 15 is 0 Å². The highest BCUT2D eigenvalue weighted by molar-refractivity contribution is 5.75. The zero-order chi connectivity index (χ0) is 21.1. The third-order valence-corrected chi connectivity index (χ3v) is 5.62. The second-order valence-corrected chi connectivity index (χ2v) is 7.65. The molecule has 0 bridgehead atoms. The molecule has 1 aromatic heterocycles. The van der Waals surface area contributed by atoms with E-state index in [-0.39, 0.29) is 5.82 Å². The quantitative estimate of drug-likeness (QED) is 0.423. The van der Waals surface area contributed by atoms with Crippen LogP contribution in [0.2, 0.25) is 0 Å². The first kappa shape index (κ1) is 20.7. The van der Waals surface area contributed by atoms with Crippen molar-refractivity contribution in [3.05, 3.63) is 60.2 Å². The van der Waals surface area contributed by atoms with Gasteiger partial charge < -0.3 is 9.47 Å². The van der Waals surface area contributed by atoms with E-state index in [1.807, 2.05) is 9.47 Å². The van der Waals surface area contributed by atoms with Crippen LogP contribution >= 0.6 is 0 Å². The van der Waals surface area contributed by atoms with Crippen molar-refractivity contribution in [2.45, 2.75) is 25.6 Å². The predicted octanol–water partition coefficient (Wildman–Crippen LogP) is 4.80. The largest absolute Gasteiger partial charge is 0.416 e. The van der Waals surface area contributed by atoms with Gasteiger partial charge in [-0.1, -0.05) is 6.07 Å². The number of hydrogen-bond donors (Lipinski definition) is 0. The molecule has 4 nitrogen and oxygen atoms in total. The number of imidazole rings is 1. The van der Waals surface area contributed by atoms with Gasteiger partial charge in [-0.2, -0.15) is 13.2 Å². The van der Waals surface area contributed by atoms with Crippen LogP contribution in [-0.4, -0.2) is 47.2 Å². The third-order valence-electron chi connectivity index (χ3n) is 5.62. The highest BCUT2D eigenvalue weighted by atomic mass is 19.4. The summed E-state index contributed by atoms with van der Waals surface area (Å²) in [6, 6.07) is 10.2. The molecule has 2 aromatic carbocycles. The Kier molecular flexibility index (Phi) is 5.94. The van der Waals surface area contributed by atoms with Gasteiger partial charge in [0.05, 0.1) is 22.9 Å². The standard InChI is InChI=1S/C22H24F4N4/c23-18-6-7-20-21(15-18)30(16-27-20)9-2-1-8-28-10-12-29(13-11-28)19-5-3-4-17(14-19)22(24,25)26/h3-7,14-16H,1-2,8-13H2. The van der Waals surface area contributed by atoms with Gasteiger partial charge in [-0.3, -0.25) is 4.90 Å². The maximum atomic E-state index is 13.5. The summed E-state index contributed by atoms with van der Waals surface area (Å²) in [7, 11) is 0. The first-order valence-corrected chi connectivity index (χ1v) is 10.1. The minimum absolute atomic E-state index is 0.261. The highest BCUT2D eigenvalue weighted by Crippen LogP contribution is 2.31. The van der Waals surface area contributed by atoms with E-state index in [1.165, 1.54) is 24.3 Å². The summed E-state index contributed by atoms with van der Waals surface area (Å²) in [6.45, 7) is 4.81. The van der Waals surface area contributed by atoms with Crippen LogP contribution in [0.5, 0.6) is 0 Å². The van der Waals surface area contributed by atoms with Crippen LogP contribution in [0.25, 0.3) is 11.0 Å². The van der Waals surface area contributed by atoms with E-state index in [9.17, 15) is 17.6 Å². The smallest absolute Gasteiger partial charge is 0.369 e. The second kappa shape index (κ2) is 8.63. The lowest BCUT2D eigenvalue weighted by molar-refractivity contribution is -0.137. The van der Waals surface area contributed by atoms with Crippen LogP contribution in [0.4, 0.5) is 23.2 Å². The predicted molar refractivity (Wildman–Crippen MR) is 109 cm³/mol. The van der Waals surface area contributed by atoms with Gasteiger partial charge in [-0.15, -0.1) is 0 Å². The van der Waals surface area contributed by atoms with Crippen LogP contribution in [0.3, 0.4) is 0 Å². The average molecular weight is 420 g/mol. The maximum absolute atomic E-state index is 13.5. The summed E-state index contributed by atoms with van der Waals surface area (Å²) in [5.74, 6) is -0.261. The van der Waals surface area contributed by atoms with Crippen molar-refractivity contribution < 1.29 is 17.6 Å². The topological polar surface area (TPSA) is 24.3 Å². The number of nitrogens with zero attached hydrogens (tertiary/aromatic N) is 4. The minimum atomic E-state index is -4.32. The van der Waals surface area contributed by atoms with Gasteiger partial charge in [-0.05, 0) is 55.8 Å². The number of anilines is 1. The molecule has 2 heterocycles. The van der Waals surface area contributed by atoms with Gasteiger partial charge in [0.25, 0.3) is 0 Å². The van der Waals surface area contributed by atoms with Crippen LogP contribution in [0, 0.1) is 5.82 Å². The molecule has 0 N–H and O–H groups in total. The van der Waals surface area contributed by atoms with E-state index in [0.717, 1.165) is 56.1 Å². The first-order valence-electron chi connectivity index (χ1n) is 10.1. The molecule has 0 saturated carbocycles. The monoisotopic (exact) mass is 420 g/mol. The Labute approximate surface area is 172 Å². The number of alkyl halides is 3. The Morgan fingerprint density at radius 2 is 1.67 bits per heavy atom. The van der Waals surface area contributed by atoms with Crippen molar-refractivity contribution in [3.63, 3.8) is 0 Å². The Morgan fingerprint density at radius 3 is 2.43 bits per heavy atom. The number of benzene rings is 2. The summed E-state index contributed by atoms with van der Waals surface area (Å²) in [4.78, 5) is 8.65. The van der Waals surface area contributed by atoms with Gasteiger partial charge in [0.1, 0.15) is 5.82 Å². The Bertz CT molecular complexity index is 990. The van der Waals surface area contributed by atoms with Crippen molar-refractivity contribution in [2.24, 2.45) is 0 Å². The minimum Gasteiger partial charge on any atom is -0.369 e. The first-order chi connectivity index (χ1) is 14.4. The van der Waals surface area contributed by atoms with E-state index in [1.54, 1.807) is 18.5 Å². The van der Waals surface area contributed by atoms with E-state index in [4.69, 9.17) is 0 Å². The normalized spacial score (nSPS) is 15.8. The molecular formula is C22H24F4N4. The number of aryl methyl sites for hydroxylation is 1. The molecule has 160 valence electrons. The lowest BCUT2D eigenvalue weighted by Crippen LogP contribution is -2.46. The number of aromatic nitrogens is 2. The second-order valence-electron chi connectivity index (χ2n) is 7.65. The molecule has 0 atom stereocenters. The molecule has 1 aliphatic rings. The summed E-state index contributed by atoms with van der Waals surface area (Å²) >= 11 is 0. The van der Waals surface area contributed by atoms with Crippen molar-refractivity contribution in [1.29, 1.82) is 0 Å². The maximum Gasteiger partial charge on any atom is 0.416 e. The van der Waals surface area contributed by atoms with Crippen LogP contribution < -0.4 is 4.90 Å². The molecule has 30 heavy (non-hydrogen) atoms. The molecule has 0 unspecified atom stereocenters. The lowest BCUT2D eigenvalue weighted by atomic mass is 10.1. The number of halogens is 4. The summed E-state index contributed by atoms with van der Waals surface area (Å²) in [5, 5.41) is 0. The van der Waals surface area contributed by atoms with Crippen molar-refractivity contribution in [1.82, 2.24) is 14.5 Å². The molecular weight excluding hydrogens is 396 g/mol. The molecule has 0 spiro atoms. The average Bonchev–Trinajstić information content (AvgIpc) is 3.13. The van der Waals surface area contributed by atoms with E-state index in [0.29, 0.717) is 18.8 Å². The fraction of sp³-hybridized carbons (Fsp3) is 0.409. The van der Waals surface area contributed by atoms with E-state index < -0.39 is 11.7 Å². The van der Waals surface area contributed by atoms with Crippen molar-refractivity contribution in [3.8, 4) is 0 Å². The van der Waals surface area contributed by atoms with Crippen molar-refractivity contribution >= 4 is 16.7 Å². The fourth-order valence-electron chi connectivity index (χ4n) is 3.93. The van der Waals surface area contributed by atoms with Crippen LogP contribution in [0.1, 0.15) is 18.4 Å². The Hall–Kier alpha value is -2.61. The Morgan fingerprint density at radius 1 is 0.900 bits per heavy atom. The molecule has 1 aliphatic heterocycles.